The number of benzene rings is 1. The molecule has 0 amide bonds. The van der Waals surface area contributed by atoms with Crippen molar-refractivity contribution >= 4 is 0 Å². The number of nitrogens with zero attached hydrogens (tertiary/aromatic N) is 1. The summed E-state index contributed by atoms with van der Waals surface area (Å²) in [7, 11) is 0. The Morgan fingerprint density at radius 2 is 1.84 bits per heavy atom. The molecular weight excluding hydrogens is 386 g/mol. The van der Waals surface area contributed by atoms with Gasteiger partial charge in [-0.25, -0.2) is 0 Å². The summed E-state index contributed by atoms with van der Waals surface area (Å²) >= 11 is 0. The van der Waals surface area contributed by atoms with E-state index in [4.69, 9.17) is 9.15 Å². The van der Waals surface area contributed by atoms with Crippen LogP contribution in [0.3, 0.4) is 0 Å². The van der Waals surface area contributed by atoms with Crippen molar-refractivity contribution in [1.29, 1.82) is 0 Å². The van der Waals surface area contributed by atoms with Gasteiger partial charge in [-0.3, -0.25) is 4.90 Å². The van der Waals surface area contributed by atoms with Crippen LogP contribution >= 0.6 is 0 Å². The first-order valence-corrected chi connectivity index (χ1v) is 11.5. The van der Waals surface area contributed by atoms with Gasteiger partial charge in [0.25, 0.3) is 0 Å². The Morgan fingerprint density at radius 3 is 2.48 bits per heavy atom. The summed E-state index contributed by atoms with van der Waals surface area (Å²) in [5, 5.41) is 11.3. The lowest BCUT2D eigenvalue weighted by molar-refractivity contribution is -0.00261. The highest BCUT2D eigenvalue weighted by Crippen LogP contribution is 2.33. The number of ether oxygens (including phenoxy) is 1. The monoisotopic (exact) mass is 423 g/mol. The fourth-order valence-corrected chi connectivity index (χ4v) is 4.28. The van der Waals surface area contributed by atoms with Gasteiger partial charge in [-0.2, -0.15) is 0 Å². The van der Waals surface area contributed by atoms with E-state index in [0.717, 1.165) is 51.1 Å². The summed E-state index contributed by atoms with van der Waals surface area (Å²) in [5.74, 6) is 1.51. The molecule has 1 N–H and O–H groups in total. The molecule has 0 spiro atoms. The second kappa shape index (κ2) is 11.5. The highest BCUT2D eigenvalue weighted by molar-refractivity contribution is 5.25. The van der Waals surface area contributed by atoms with Crippen molar-refractivity contribution < 1.29 is 14.3 Å². The normalized spacial score (nSPS) is 16.7. The number of aryl methyl sites for hydroxylation is 1. The smallest absolute Gasteiger partial charge is 0.135 e. The van der Waals surface area contributed by atoms with Crippen LogP contribution in [0.4, 0.5) is 0 Å². The Morgan fingerprint density at radius 1 is 1.10 bits per heavy atom. The lowest BCUT2D eigenvalue weighted by Gasteiger charge is -2.26. The molecule has 4 nitrogen and oxygen atoms in total. The van der Waals surface area contributed by atoms with Gasteiger partial charge in [0.1, 0.15) is 17.1 Å². The molecule has 31 heavy (non-hydrogen) atoms. The minimum absolute atomic E-state index is 0.274. The summed E-state index contributed by atoms with van der Waals surface area (Å²) in [6.45, 7) is 13.0. The lowest BCUT2D eigenvalue weighted by atomic mass is 9.89. The Bertz CT molecular complexity index is 823. The van der Waals surface area contributed by atoms with Crippen molar-refractivity contribution in [3.8, 4) is 0 Å². The fourth-order valence-electron chi connectivity index (χ4n) is 4.28. The predicted octanol–water partition coefficient (Wildman–Crippen LogP) is 5.89. The van der Waals surface area contributed by atoms with Gasteiger partial charge in [0.05, 0.1) is 12.6 Å². The first-order valence-electron chi connectivity index (χ1n) is 11.5. The Labute approximate surface area is 187 Å². The molecule has 1 atom stereocenters. The number of hydrogen-bond donors (Lipinski definition) is 1. The molecule has 2 aromatic rings. The molecule has 1 aliphatic heterocycles. The summed E-state index contributed by atoms with van der Waals surface area (Å²) in [6.07, 6.45) is 8.87. The molecule has 0 radical (unpaired) electrons. The third-order valence-corrected chi connectivity index (χ3v) is 6.16. The topological polar surface area (TPSA) is 45.8 Å². The van der Waals surface area contributed by atoms with Crippen LogP contribution in [0.15, 0.2) is 66.1 Å². The number of furan rings is 1. The Balaban J connectivity index is 1.75. The van der Waals surface area contributed by atoms with Gasteiger partial charge >= 0.3 is 0 Å². The lowest BCUT2D eigenvalue weighted by Crippen LogP contribution is -2.31. The van der Waals surface area contributed by atoms with Crippen molar-refractivity contribution in [3.63, 3.8) is 0 Å². The van der Waals surface area contributed by atoms with Gasteiger partial charge in [0.2, 0.25) is 0 Å². The average Bonchev–Trinajstić information content (AvgIpc) is 3.45. The molecule has 0 saturated carbocycles. The molecule has 0 unspecified atom stereocenters. The van der Waals surface area contributed by atoms with Gasteiger partial charge in [0.15, 0.2) is 0 Å². The zero-order chi connectivity index (χ0) is 22.1. The van der Waals surface area contributed by atoms with E-state index in [9.17, 15) is 5.11 Å². The molecule has 4 heteroatoms. The maximum absolute atomic E-state index is 11.3. The van der Waals surface area contributed by atoms with Crippen molar-refractivity contribution in [2.75, 3.05) is 13.2 Å². The Kier molecular flexibility index (Phi) is 8.70. The van der Waals surface area contributed by atoms with E-state index in [0.29, 0.717) is 25.1 Å². The second-order valence-electron chi connectivity index (χ2n) is 8.68. The van der Waals surface area contributed by atoms with Crippen LogP contribution in [0.25, 0.3) is 0 Å². The van der Waals surface area contributed by atoms with Gasteiger partial charge < -0.3 is 14.3 Å². The maximum Gasteiger partial charge on any atom is 0.135 e. The van der Waals surface area contributed by atoms with E-state index in [2.05, 4.69) is 49.2 Å². The molecule has 1 aromatic carbocycles. The molecule has 1 aliphatic rings. The van der Waals surface area contributed by atoms with E-state index < -0.39 is 5.60 Å². The average molecular weight is 424 g/mol. The zero-order valence-electron chi connectivity index (χ0n) is 18.9. The quantitative estimate of drug-likeness (QED) is 0.408. The van der Waals surface area contributed by atoms with Crippen LogP contribution in [0.2, 0.25) is 0 Å². The number of hydrogen-bond acceptors (Lipinski definition) is 4. The third kappa shape index (κ3) is 6.67. The van der Waals surface area contributed by atoms with Crippen molar-refractivity contribution in [2.45, 2.75) is 70.2 Å². The maximum atomic E-state index is 11.3. The molecule has 0 aliphatic carbocycles. The van der Waals surface area contributed by atoms with Crippen molar-refractivity contribution in [3.05, 3.63) is 84.4 Å². The molecule has 3 rings (SSSR count). The van der Waals surface area contributed by atoms with Crippen molar-refractivity contribution in [1.82, 2.24) is 4.90 Å². The second-order valence-corrected chi connectivity index (χ2v) is 8.68. The third-order valence-electron chi connectivity index (χ3n) is 6.16. The number of rotatable bonds is 13. The first-order chi connectivity index (χ1) is 15.0. The molecular formula is C27H37NO3. The standard InChI is InChI=1S/C27H37NO3/c1-4-6-16-27(29,17-7-5-2)26-15-14-25(31-26)21-28(20-24-13-10-18-30-24)19-23-12-9-8-11-22(23)3/h4-5,8-9,11-12,14-15,24,29H,1-2,6-7,10,13,16-21H2,3H3/t24-/m1/s1. The van der Waals surface area contributed by atoms with Crippen LogP contribution in [0, 0.1) is 6.92 Å². The van der Waals surface area contributed by atoms with Crippen LogP contribution in [-0.4, -0.2) is 29.3 Å². The van der Waals surface area contributed by atoms with E-state index >= 15 is 0 Å². The van der Waals surface area contributed by atoms with E-state index in [1.165, 1.54) is 11.1 Å². The zero-order valence-corrected chi connectivity index (χ0v) is 18.9. The summed E-state index contributed by atoms with van der Waals surface area (Å²) < 4.78 is 12.1. The Hall–Kier alpha value is -2.14. The number of aliphatic hydroxyl groups is 1. The van der Waals surface area contributed by atoms with E-state index in [1.54, 1.807) is 0 Å². The first kappa shape index (κ1) is 23.5. The van der Waals surface area contributed by atoms with Gasteiger partial charge in [-0.05, 0) is 68.7 Å². The highest BCUT2D eigenvalue weighted by Gasteiger charge is 2.31. The van der Waals surface area contributed by atoms with E-state index in [1.807, 2.05) is 24.3 Å². The fraction of sp³-hybridized carbons (Fsp3) is 0.481. The largest absolute Gasteiger partial charge is 0.462 e. The molecule has 2 heterocycles. The number of allylic oxidation sites excluding steroid dienone is 2. The predicted molar refractivity (Wildman–Crippen MR) is 126 cm³/mol. The van der Waals surface area contributed by atoms with Gasteiger partial charge in [0, 0.05) is 19.7 Å². The minimum Gasteiger partial charge on any atom is -0.462 e. The highest BCUT2D eigenvalue weighted by atomic mass is 16.5. The molecule has 0 bridgehead atoms. The summed E-state index contributed by atoms with van der Waals surface area (Å²) in [6, 6.07) is 12.5. The van der Waals surface area contributed by atoms with E-state index in [-0.39, 0.29) is 6.10 Å². The van der Waals surface area contributed by atoms with Gasteiger partial charge in [-0.15, -0.1) is 13.2 Å². The molecule has 1 aromatic heterocycles. The molecule has 168 valence electrons. The van der Waals surface area contributed by atoms with Crippen LogP contribution in [0.1, 0.15) is 61.2 Å². The summed E-state index contributed by atoms with van der Waals surface area (Å²) in [4.78, 5) is 2.40. The molecule has 1 saturated heterocycles. The van der Waals surface area contributed by atoms with Gasteiger partial charge in [-0.1, -0.05) is 36.4 Å². The van der Waals surface area contributed by atoms with Crippen molar-refractivity contribution in [2.24, 2.45) is 0 Å². The van der Waals surface area contributed by atoms with Crippen LogP contribution in [-0.2, 0) is 23.4 Å². The molecule has 1 fully saturated rings. The minimum atomic E-state index is -0.990. The SMILES string of the molecule is C=CCCC(O)(CCC=C)c1ccc(CN(Cc2ccccc2C)C[C@H]2CCCO2)o1. The van der Waals surface area contributed by atoms with Crippen LogP contribution < -0.4 is 0 Å². The van der Waals surface area contributed by atoms with Crippen LogP contribution in [0.5, 0.6) is 0 Å². The summed E-state index contributed by atoms with van der Waals surface area (Å²) in [5.41, 5.74) is 1.62.